The lowest BCUT2D eigenvalue weighted by molar-refractivity contribution is 0.0627. The first-order valence-corrected chi connectivity index (χ1v) is 10.1. The van der Waals surface area contributed by atoms with E-state index < -0.39 is 11.9 Å². The molecule has 1 N–H and O–H groups in total. The van der Waals surface area contributed by atoms with Crippen molar-refractivity contribution in [2.45, 2.75) is 19.4 Å². The molecular weight excluding hydrogens is 410 g/mol. The summed E-state index contributed by atoms with van der Waals surface area (Å²) in [5, 5.41) is 7.96. The molecule has 4 aromatic heterocycles. The van der Waals surface area contributed by atoms with Gasteiger partial charge in [-0.15, -0.1) is 10.2 Å². The molecule has 0 aliphatic carbocycles. The minimum atomic E-state index is -0.615. The quantitative estimate of drug-likeness (QED) is 0.465. The fourth-order valence-corrected chi connectivity index (χ4v) is 3.94. The molecule has 0 fully saturated rings. The summed E-state index contributed by atoms with van der Waals surface area (Å²) in [6, 6.07) is 10.5. The molecule has 5 heterocycles. The molecule has 0 saturated heterocycles. The van der Waals surface area contributed by atoms with Gasteiger partial charge < -0.3 is 18.7 Å². The number of benzene rings is 1. The summed E-state index contributed by atoms with van der Waals surface area (Å²) in [6.45, 7) is 2.40. The van der Waals surface area contributed by atoms with Crippen molar-refractivity contribution in [3.05, 3.63) is 77.7 Å². The van der Waals surface area contributed by atoms with Gasteiger partial charge in [-0.25, -0.2) is 9.97 Å². The monoisotopic (exact) mass is 427 g/mol. The molecule has 0 saturated carbocycles. The number of carbonyl (C=O) groups is 1. The van der Waals surface area contributed by atoms with Crippen LogP contribution in [0.2, 0.25) is 0 Å². The zero-order valence-electron chi connectivity index (χ0n) is 17.0. The molecule has 1 aliphatic rings. The molecule has 10 nitrogen and oxygen atoms in total. The summed E-state index contributed by atoms with van der Waals surface area (Å²) in [7, 11) is 0. The van der Waals surface area contributed by atoms with Gasteiger partial charge in [-0.2, -0.15) is 0 Å². The number of nitrogens with one attached hydrogen (secondary N) is 1. The number of oxazole rings is 1. The van der Waals surface area contributed by atoms with Crippen LogP contribution in [0.3, 0.4) is 0 Å². The molecule has 0 unspecified atom stereocenters. The maximum atomic E-state index is 13.4. The number of aromatic nitrogens is 6. The van der Waals surface area contributed by atoms with Crippen LogP contribution in [0, 0.1) is 6.92 Å². The van der Waals surface area contributed by atoms with E-state index in [1.54, 1.807) is 29.6 Å². The molecule has 0 bridgehead atoms. The molecule has 6 rings (SSSR count). The Morgan fingerprint density at radius 1 is 1.16 bits per heavy atom. The van der Waals surface area contributed by atoms with E-state index in [9.17, 15) is 4.79 Å². The van der Waals surface area contributed by atoms with Crippen LogP contribution >= 0.6 is 0 Å². The van der Waals surface area contributed by atoms with E-state index >= 15 is 0 Å². The van der Waals surface area contributed by atoms with Crippen molar-refractivity contribution >= 4 is 17.0 Å². The number of pyridine rings is 1. The Hall–Kier alpha value is -4.34. The first-order chi connectivity index (χ1) is 15.7. The maximum absolute atomic E-state index is 13.4. The van der Waals surface area contributed by atoms with E-state index in [1.807, 2.05) is 31.2 Å². The maximum Gasteiger partial charge on any atom is 0.312 e. The minimum absolute atomic E-state index is 0.124. The molecule has 0 radical (unpaired) electrons. The Balaban J connectivity index is 1.40. The average Bonchev–Trinajstić information content (AvgIpc) is 3.57. The fourth-order valence-electron chi connectivity index (χ4n) is 3.94. The standard InChI is InChI=1S/C22H17N7O3/c1-12-5-6-13-16(10-12)31-20(26-13)18-17-14(24-11-25-17)7-9-29(18)22(30)21-28-27-19(32-21)15-4-2-3-8-23-15/h2-6,8,10-11,18H,7,9H2,1H3,(H,24,25)/t18-/m0/s1. The molecule has 1 aliphatic heterocycles. The van der Waals surface area contributed by atoms with Gasteiger partial charge in [0.2, 0.25) is 5.89 Å². The number of aryl methyl sites for hydroxylation is 1. The van der Waals surface area contributed by atoms with Crippen molar-refractivity contribution in [1.29, 1.82) is 0 Å². The number of imidazole rings is 1. The number of rotatable bonds is 3. The van der Waals surface area contributed by atoms with E-state index in [0.717, 1.165) is 16.8 Å². The van der Waals surface area contributed by atoms with Crippen LogP contribution in [0.4, 0.5) is 0 Å². The third-order valence-electron chi connectivity index (χ3n) is 5.47. The third kappa shape index (κ3) is 2.96. The number of hydrogen-bond acceptors (Lipinski definition) is 8. The summed E-state index contributed by atoms with van der Waals surface area (Å²) in [4.78, 5) is 31.5. The number of nitrogens with zero attached hydrogens (tertiary/aromatic N) is 6. The van der Waals surface area contributed by atoms with Crippen molar-refractivity contribution in [2.24, 2.45) is 0 Å². The molecule has 1 aromatic carbocycles. The molecule has 5 aromatic rings. The lowest BCUT2D eigenvalue weighted by atomic mass is 10.0. The lowest BCUT2D eigenvalue weighted by Crippen LogP contribution is -2.41. The minimum Gasteiger partial charge on any atom is -0.438 e. The number of H-pyrrole nitrogens is 1. The van der Waals surface area contributed by atoms with Gasteiger partial charge in [0.25, 0.3) is 5.89 Å². The second-order valence-electron chi connectivity index (χ2n) is 7.57. The molecular formula is C22H17N7O3. The van der Waals surface area contributed by atoms with Gasteiger partial charge in [-0.3, -0.25) is 9.78 Å². The predicted octanol–water partition coefficient (Wildman–Crippen LogP) is 3.09. The molecule has 1 atom stereocenters. The number of hydrogen-bond donors (Lipinski definition) is 1. The number of carbonyl (C=O) groups excluding carboxylic acids is 1. The van der Waals surface area contributed by atoms with Gasteiger partial charge in [0.05, 0.1) is 12.0 Å². The van der Waals surface area contributed by atoms with Crippen molar-refractivity contribution in [2.75, 3.05) is 6.54 Å². The highest BCUT2D eigenvalue weighted by Crippen LogP contribution is 2.35. The zero-order valence-corrected chi connectivity index (χ0v) is 17.0. The van der Waals surface area contributed by atoms with Crippen LogP contribution in [0.1, 0.15) is 39.6 Å². The highest BCUT2D eigenvalue weighted by Gasteiger charge is 2.39. The van der Waals surface area contributed by atoms with E-state index in [0.29, 0.717) is 35.8 Å². The fraction of sp³-hybridized carbons (Fsp3) is 0.182. The first-order valence-electron chi connectivity index (χ1n) is 10.1. The van der Waals surface area contributed by atoms with E-state index in [4.69, 9.17) is 8.83 Å². The molecule has 158 valence electrons. The van der Waals surface area contributed by atoms with Gasteiger partial charge in [0.15, 0.2) is 11.6 Å². The van der Waals surface area contributed by atoms with Crippen LogP contribution < -0.4 is 0 Å². The van der Waals surface area contributed by atoms with Gasteiger partial charge in [0.1, 0.15) is 11.2 Å². The predicted molar refractivity (Wildman–Crippen MR) is 111 cm³/mol. The Bertz CT molecular complexity index is 1440. The number of aromatic amines is 1. The highest BCUT2D eigenvalue weighted by molar-refractivity contribution is 5.90. The SMILES string of the molecule is Cc1ccc2nc([C@@H]3c4nc[nH]c4CCN3C(=O)c3nnc(-c4ccccn4)o3)oc2c1. The first kappa shape index (κ1) is 18.4. The van der Waals surface area contributed by atoms with Crippen molar-refractivity contribution in [3.63, 3.8) is 0 Å². The summed E-state index contributed by atoms with van der Waals surface area (Å²) < 4.78 is 11.7. The van der Waals surface area contributed by atoms with Crippen molar-refractivity contribution in [1.82, 2.24) is 35.0 Å². The Kier molecular flexibility index (Phi) is 4.10. The highest BCUT2D eigenvalue weighted by atomic mass is 16.4. The molecule has 0 spiro atoms. The van der Waals surface area contributed by atoms with Gasteiger partial charge in [-0.05, 0) is 36.8 Å². The summed E-state index contributed by atoms with van der Waals surface area (Å²) in [6.07, 6.45) is 3.85. The smallest absolute Gasteiger partial charge is 0.312 e. The topological polar surface area (TPSA) is 127 Å². The summed E-state index contributed by atoms with van der Waals surface area (Å²) in [5.41, 5.74) is 4.57. The van der Waals surface area contributed by atoms with Crippen LogP contribution in [0.15, 0.2) is 57.8 Å². The van der Waals surface area contributed by atoms with Gasteiger partial charge in [0, 0.05) is 24.9 Å². The largest absolute Gasteiger partial charge is 0.438 e. The van der Waals surface area contributed by atoms with Crippen molar-refractivity contribution < 1.29 is 13.6 Å². The Morgan fingerprint density at radius 3 is 2.97 bits per heavy atom. The van der Waals surface area contributed by atoms with Crippen molar-refractivity contribution in [3.8, 4) is 11.6 Å². The number of amides is 1. The number of fused-ring (bicyclic) bond motifs is 2. The molecule has 32 heavy (non-hydrogen) atoms. The van der Waals surface area contributed by atoms with Crippen LogP contribution in [-0.4, -0.2) is 47.5 Å². The van der Waals surface area contributed by atoms with Crippen LogP contribution in [0.5, 0.6) is 0 Å². The van der Waals surface area contributed by atoms with Gasteiger partial charge in [-0.1, -0.05) is 12.1 Å². The average molecular weight is 427 g/mol. The summed E-state index contributed by atoms with van der Waals surface area (Å²) in [5.74, 6) is 0.0233. The van der Waals surface area contributed by atoms with E-state index in [-0.39, 0.29) is 11.8 Å². The zero-order chi connectivity index (χ0) is 21.7. The van der Waals surface area contributed by atoms with E-state index in [2.05, 4.69) is 30.1 Å². The van der Waals surface area contributed by atoms with Gasteiger partial charge >= 0.3 is 11.8 Å². The second kappa shape index (κ2) is 7.12. The van der Waals surface area contributed by atoms with E-state index in [1.165, 1.54) is 0 Å². The Labute approximate surface area is 181 Å². The molecule has 1 amide bonds. The summed E-state index contributed by atoms with van der Waals surface area (Å²) >= 11 is 0. The van der Waals surface area contributed by atoms with Crippen LogP contribution in [0.25, 0.3) is 22.7 Å². The molecule has 10 heteroatoms. The lowest BCUT2D eigenvalue weighted by Gasteiger charge is -2.31. The normalized spacial score (nSPS) is 15.8. The third-order valence-corrected chi connectivity index (χ3v) is 5.47. The van der Waals surface area contributed by atoms with Crippen LogP contribution in [-0.2, 0) is 6.42 Å². The second-order valence-corrected chi connectivity index (χ2v) is 7.57. The Morgan fingerprint density at radius 2 is 2.09 bits per heavy atom.